The molecule has 2 aromatic carbocycles. The summed E-state index contributed by atoms with van der Waals surface area (Å²) in [6.45, 7) is 0. The first kappa shape index (κ1) is 14.9. The highest BCUT2D eigenvalue weighted by Gasteiger charge is 2.22. The Hall–Kier alpha value is -2.51. The highest BCUT2D eigenvalue weighted by atomic mass is 32.2. The molecule has 2 aromatic rings. The molecule has 3 N–H and O–H groups in total. The Morgan fingerprint density at radius 1 is 0.952 bits per heavy atom. The Morgan fingerprint density at radius 2 is 1.57 bits per heavy atom. The number of primary sulfonamides is 1. The number of rotatable bonds is 4. The molecule has 0 aromatic heterocycles. The molecule has 0 atom stereocenters. The summed E-state index contributed by atoms with van der Waals surface area (Å²) < 4.78 is 23.2. The molecule has 7 heteroatoms. The summed E-state index contributed by atoms with van der Waals surface area (Å²) >= 11 is 0. The average molecular weight is 305 g/mol. The van der Waals surface area contributed by atoms with Crippen molar-refractivity contribution in [1.82, 2.24) is 0 Å². The van der Waals surface area contributed by atoms with E-state index in [4.69, 9.17) is 10.2 Å². The van der Waals surface area contributed by atoms with Crippen LogP contribution >= 0.6 is 0 Å². The Morgan fingerprint density at radius 3 is 2.10 bits per heavy atom. The van der Waals surface area contributed by atoms with Crippen LogP contribution < -0.4 is 5.14 Å². The zero-order chi connectivity index (χ0) is 15.6. The average Bonchev–Trinajstić information content (AvgIpc) is 2.46. The number of benzene rings is 2. The van der Waals surface area contributed by atoms with Crippen LogP contribution in [0.2, 0.25) is 0 Å². The predicted octanol–water partition coefficient (Wildman–Crippen LogP) is 1.26. The van der Waals surface area contributed by atoms with Crippen LogP contribution in [0.4, 0.5) is 0 Å². The summed E-state index contributed by atoms with van der Waals surface area (Å²) in [5.74, 6) is -1.85. The number of hydrogen-bond acceptors (Lipinski definition) is 4. The molecule has 0 aliphatic carbocycles. The minimum absolute atomic E-state index is 0.159. The SMILES string of the molecule is NS(=O)(=O)c1cc(C(=O)O)ccc1C(=O)c1ccccc1. The van der Waals surface area contributed by atoms with Gasteiger partial charge < -0.3 is 5.11 Å². The van der Waals surface area contributed by atoms with Gasteiger partial charge in [0.15, 0.2) is 5.78 Å². The van der Waals surface area contributed by atoms with Crippen LogP contribution in [0.25, 0.3) is 0 Å². The minimum atomic E-state index is -4.23. The molecule has 0 bridgehead atoms. The van der Waals surface area contributed by atoms with Crippen molar-refractivity contribution in [3.63, 3.8) is 0 Å². The van der Waals surface area contributed by atoms with E-state index in [-0.39, 0.29) is 16.7 Å². The molecule has 2 rings (SSSR count). The summed E-state index contributed by atoms with van der Waals surface area (Å²) in [4.78, 5) is 22.7. The van der Waals surface area contributed by atoms with E-state index in [1.807, 2.05) is 0 Å². The topological polar surface area (TPSA) is 115 Å². The van der Waals surface area contributed by atoms with Crippen molar-refractivity contribution in [2.75, 3.05) is 0 Å². The number of carbonyl (C=O) groups excluding carboxylic acids is 1. The van der Waals surface area contributed by atoms with Gasteiger partial charge in [0.05, 0.1) is 10.5 Å². The van der Waals surface area contributed by atoms with Gasteiger partial charge in [0.25, 0.3) is 0 Å². The minimum Gasteiger partial charge on any atom is -0.478 e. The highest BCUT2D eigenvalue weighted by Crippen LogP contribution is 2.20. The van der Waals surface area contributed by atoms with Gasteiger partial charge in [-0.2, -0.15) is 0 Å². The van der Waals surface area contributed by atoms with Crippen molar-refractivity contribution in [3.05, 3.63) is 65.2 Å². The highest BCUT2D eigenvalue weighted by molar-refractivity contribution is 7.89. The number of nitrogens with two attached hydrogens (primary N) is 1. The van der Waals surface area contributed by atoms with Gasteiger partial charge in [-0.3, -0.25) is 4.79 Å². The second-order valence-corrected chi connectivity index (χ2v) is 5.79. The molecule has 0 saturated carbocycles. The Labute approximate surface area is 120 Å². The Bertz CT molecular complexity index is 813. The fourth-order valence-corrected chi connectivity index (χ4v) is 2.58. The van der Waals surface area contributed by atoms with Crippen LogP contribution in [0.1, 0.15) is 26.3 Å². The molecular weight excluding hydrogens is 294 g/mol. The van der Waals surface area contributed by atoms with Gasteiger partial charge in [-0.05, 0) is 18.2 Å². The molecule has 0 fully saturated rings. The number of ketones is 1. The van der Waals surface area contributed by atoms with Crippen LogP contribution in [-0.4, -0.2) is 25.3 Å². The van der Waals surface area contributed by atoms with Gasteiger partial charge in [-0.1, -0.05) is 30.3 Å². The largest absolute Gasteiger partial charge is 0.478 e. The molecule has 0 aliphatic rings. The lowest BCUT2D eigenvalue weighted by Crippen LogP contribution is -2.18. The maximum Gasteiger partial charge on any atom is 0.335 e. The smallest absolute Gasteiger partial charge is 0.335 e. The fourth-order valence-electron chi connectivity index (χ4n) is 1.82. The zero-order valence-corrected chi connectivity index (χ0v) is 11.5. The van der Waals surface area contributed by atoms with E-state index in [1.165, 1.54) is 12.1 Å². The van der Waals surface area contributed by atoms with Crippen LogP contribution in [0.3, 0.4) is 0 Å². The van der Waals surface area contributed by atoms with Gasteiger partial charge in [-0.15, -0.1) is 0 Å². The third kappa shape index (κ3) is 3.15. The molecule has 0 aliphatic heterocycles. The van der Waals surface area contributed by atoms with Crippen molar-refractivity contribution in [3.8, 4) is 0 Å². The molecule has 0 amide bonds. The first-order chi connectivity index (χ1) is 9.80. The number of carbonyl (C=O) groups is 2. The molecule has 0 spiro atoms. The maximum absolute atomic E-state index is 12.3. The van der Waals surface area contributed by atoms with E-state index in [1.54, 1.807) is 18.2 Å². The van der Waals surface area contributed by atoms with Crippen LogP contribution in [-0.2, 0) is 10.0 Å². The van der Waals surface area contributed by atoms with Crippen molar-refractivity contribution >= 4 is 21.8 Å². The predicted molar refractivity (Wildman–Crippen MR) is 74.6 cm³/mol. The Balaban J connectivity index is 2.64. The lowest BCUT2D eigenvalue weighted by atomic mass is 10.0. The molecule has 21 heavy (non-hydrogen) atoms. The second-order valence-electron chi connectivity index (χ2n) is 4.26. The van der Waals surface area contributed by atoms with E-state index in [0.717, 1.165) is 18.2 Å². The summed E-state index contributed by atoms with van der Waals surface area (Å²) in [7, 11) is -4.23. The van der Waals surface area contributed by atoms with Crippen LogP contribution in [0, 0.1) is 0 Å². The van der Waals surface area contributed by atoms with Crippen LogP contribution in [0.15, 0.2) is 53.4 Å². The standard InChI is InChI=1S/C14H11NO5S/c15-21(19,20)12-8-10(14(17)18)6-7-11(12)13(16)9-4-2-1-3-5-9/h1-8H,(H,17,18)(H2,15,19,20). The third-order valence-electron chi connectivity index (χ3n) is 2.82. The first-order valence-electron chi connectivity index (χ1n) is 5.80. The molecule has 0 heterocycles. The fraction of sp³-hybridized carbons (Fsp3) is 0. The molecule has 0 unspecified atom stereocenters. The summed E-state index contributed by atoms with van der Waals surface area (Å²) in [5.41, 5.74) is -0.136. The van der Waals surface area contributed by atoms with Crippen molar-refractivity contribution in [1.29, 1.82) is 0 Å². The van der Waals surface area contributed by atoms with Gasteiger partial charge in [-0.25, -0.2) is 18.4 Å². The third-order valence-corrected chi connectivity index (χ3v) is 3.77. The number of hydrogen-bond donors (Lipinski definition) is 2. The quantitative estimate of drug-likeness (QED) is 0.825. The van der Waals surface area contributed by atoms with E-state index in [2.05, 4.69) is 0 Å². The monoisotopic (exact) mass is 305 g/mol. The number of carboxylic acids is 1. The van der Waals surface area contributed by atoms with E-state index >= 15 is 0 Å². The number of aromatic carboxylic acids is 1. The van der Waals surface area contributed by atoms with Crippen molar-refractivity contribution in [2.24, 2.45) is 5.14 Å². The maximum atomic E-state index is 12.3. The first-order valence-corrected chi connectivity index (χ1v) is 7.35. The van der Waals surface area contributed by atoms with E-state index in [9.17, 15) is 18.0 Å². The lowest BCUT2D eigenvalue weighted by Gasteiger charge is -2.08. The zero-order valence-electron chi connectivity index (χ0n) is 10.7. The number of carboxylic acid groups (broad SMARTS) is 1. The van der Waals surface area contributed by atoms with Gasteiger partial charge in [0.2, 0.25) is 10.0 Å². The summed E-state index contributed by atoms with van der Waals surface area (Å²) in [6, 6.07) is 11.2. The van der Waals surface area contributed by atoms with Crippen molar-refractivity contribution in [2.45, 2.75) is 4.90 Å². The number of sulfonamides is 1. The summed E-state index contributed by atoms with van der Waals surface area (Å²) in [5, 5.41) is 14.0. The van der Waals surface area contributed by atoms with Crippen LogP contribution in [0.5, 0.6) is 0 Å². The van der Waals surface area contributed by atoms with Gasteiger partial charge >= 0.3 is 5.97 Å². The molecule has 108 valence electrons. The van der Waals surface area contributed by atoms with Gasteiger partial charge in [0.1, 0.15) is 0 Å². The normalized spacial score (nSPS) is 11.1. The molecular formula is C14H11NO5S. The van der Waals surface area contributed by atoms with E-state index in [0.29, 0.717) is 0 Å². The lowest BCUT2D eigenvalue weighted by molar-refractivity contribution is 0.0696. The van der Waals surface area contributed by atoms with Crippen molar-refractivity contribution < 1.29 is 23.1 Å². The molecule has 0 saturated heterocycles. The molecule has 6 nitrogen and oxygen atoms in total. The van der Waals surface area contributed by atoms with Gasteiger partial charge in [0, 0.05) is 11.1 Å². The summed E-state index contributed by atoms with van der Waals surface area (Å²) in [6.07, 6.45) is 0. The molecule has 0 radical (unpaired) electrons. The van der Waals surface area contributed by atoms with E-state index < -0.39 is 26.7 Å². The second kappa shape index (κ2) is 5.47. The Kier molecular flexibility index (Phi) is 3.88.